The molecule has 0 aliphatic carbocycles. The molecule has 0 radical (unpaired) electrons. The number of sulfonamides is 1. The molecule has 0 bridgehead atoms. The third-order valence-corrected chi connectivity index (χ3v) is 5.96. The molecule has 10 nitrogen and oxygen atoms in total. The van der Waals surface area contributed by atoms with Crippen LogP contribution in [0, 0.1) is 0 Å². The Morgan fingerprint density at radius 3 is 2.56 bits per heavy atom. The maximum Gasteiger partial charge on any atom is 0.331 e. The summed E-state index contributed by atoms with van der Waals surface area (Å²) in [7, 11) is -3.88. The highest BCUT2D eigenvalue weighted by Gasteiger charge is 2.26. The van der Waals surface area contributed by atoms with Crippen molar-refractivity contribution < 1.29 is 22.7 Å². The smallest absolute Gasteiger partial charge is 0.331 e. The van der Waals surface area contributed by atoms with Gasteiger partial charge in [0.1, 0.15) is 6.54 Å². The van der Waals surface area contributed by atoms with E-state index in [4.69, 9.17) is 16.3 Å². The molecule has 4 rings (SSSR count). The Labute approximate surface area is 188 Å². The Morgan fingerprint density at radius 1 is 1.12 bits per heavy atom. The average molecular weight is 474 g/mol. The van der Waals surface area contributed by atoms with Gasteiger partial charge in [0, 0.05) is 23.1 Å². The molecule has 1 amide bonds. The number of hydrogen-bond donors (Lipinski definition) is 2. The summed E-state index contributed by atoms with van der Waals surface area (Å²) in [5.41, 5.74) is 0.915. The van der Waals surface area contributed by atoms with E-state index in [9.17, 15) is 18.0 Å². The highest BCUT2D eigenvalue weighted by molar-refractivity contribution is 7.92. The van der Waals surface area contributed by atoms with Gasteiger partial charge in [-0.2, -0.15) is 0 Å². The van der Waals surface area contributed by atoms with Crippen molar-refractivity contribution in [2.24, 2.45) is 0 Å². The molecule has 2 N–H and O–H groups in total. The zero-order chi connectivity index (χ0) is 22.7. The van der Waals surface area contributed by atoms with E-state index in [-0.39, 0.29) is 23.9 Å². The highest BCUT2D eigenvalue weighted by atomic mass is 35.5. The van der Waals surface area contributed by atoms with Crippen molar-refractivity contribution in [3.63, 3.8) is 0 Å². The quantitative estimate of drug-likeness (QED) is 0.412. The first-order chi connectivity index (χ1) is 15.3. The van der Waals surface area contributed by atoms with Gasteiger partial charge in [-0.05, 0) is 48.5 Å². The van der Waals surface area contributed by atoms with Crippen molar-refractivity contribution in [2.45, 2.75) is 4.90 Å². The van der Waals surface area contributed by atoms with Gasteiger partial charge < -0.3 is 15.0 Å². The molecule has 1 aliphatic rings. The van der Waals surface area contributed by atoms with Gasteiger partial charge in [0.15, 0.2) is 5.75 Å². The molecule has 0 unspecified atom stereocenters. The molecule has 0 atom stereocenters. The first-order valence-electron chi connectivity index (χ1n) is 9.25. The summed E-state index contributed by atoms with van der Waals surface area (Å²) < 4.78 is 32.3. The van der Waals surface area contributed by atoms with Crippen LogP contribution in [0.15, 0.2) is 65.8 Å². The lowest BCUT2D eigenvalue weighted by Gasteiger charge is -2.29. The van der Waals surface area contributed by atoms with E-state index in [1.165, 1.54) is 36.7 Å². The van der Waals surface area contributed by atoms with Crippen LogP contribution in [0.25, 0.3) is 0 Å². The number of nitrogens with one attached hydrogen (secondary N) is 2. The average Bonchev–Trinajstić information content (AvgIpc) is 2.75. The second kappa shape index (κ2) is 8.81. The van der Waals surface area contributed by atoms with Crippen LogP contribution in [-0.2, 0) is 19.6 Å². The number of hydrogen-bond acceptors (Lipinski definition) is 8. The van der Waals surface area contributed by atoms with Crippen LogP contribution in [0.2, 0.25) is 5.02 Å². The minimum absolute atomic E-state index is 0.0229. The van der Waals surface area contributed by atoms with Crippen LogP contribution < -0.4 is 19.7 Å². The number of ether oxygens (including phenoxy) is 1. The van der Waals surface area contributed by atoms with Gasteiger partial charge in [-0.25, -0.2) is 27.9 Å². The summed E-state index contributed by atoms with van der Waals surface area (Å²) in [5, 5.41) is 3.12. The van der Waals surface area contributed by atoms with Crippen molar-refractivity contribution in [3.05, 3.63) is 65.9 Å². The predicted molar refractivity (Wildman–Crippen MR) is 117 cm³/mol. The minimum atomic E-state index is -3.88. The number of halogens is 1. The van der Waals surface area contributed by atoms with Crippen LogP contribution in [0.1, 0.15) is 0 Å². The number of carbonyl (C=O) groups is 2. The predicted octanol–water partition coefficient (Wildman–Crippen LogP) is 2.29. The molecule has 0 spiro atoms. The van der Waals surface area contributed by atoms with E-state index in [1.807, 2.05) is 0 Å². The Bertz CT molecular complexity index is 1270. The topological polar surface area (TPSA) is 131 Å². The number of amides is 1. The van der Waals surface area contributed by atoms with E-state index >= 15 is 0 Å². The third kappa shape index (κ3) is 4.95. The standard InChI is InChI=1S/C20H16ClN5O5S/c21-13-2-7-17-16(10-13)26(12-19(28)31-17)11-18(27)24-14-3-5-15(6-4-14)32(29,30)25-20-22-8-1-9-23-20/h1-10H,11-12H2,(H,24,27)(H,22,23,25). The number of fused-ring (bicyclic) bond motifs is 1. The molecular weight excluding hydrogens is 458 g/mol. The first kappa shape index (κ1) is 21.5. The van der Waals surface area contributed by atoms with Crippen LogP contribution >= 0.6 is 11.6 Å². The van der Waals surface area contributed by atoms with Crippen LogP contribution in [0.4, 0.5) is 17.3 Å². The lowest BCUT2D eigenvalue weighted by atomic mass is 10.2. The molecule has 2 heterocycles. The fourth-order valence-corrected chi connectivity index (χ4v) is 4.11. The fourth-order valence-electron chi connectivity index (χ4n) is 2.98. The van der Waals surface area contributed by atoms with E-state index < -0.39 is 21.9 Å². The van der Waals surface area contributed by atoms with Crippen LogP contribution in [-0.4, -0.2) is 43.4 Å². The highest BCUT2D eigenvalue weighted by Crippen LogP contribution is 2.34. The normalized spacial score (nSPS) is 13.2. The SMILES string of the molecule is O=C(CN1CC(=O)Oc2ccc(Cl)cc21)Nc1ccc(S(=O)(=O)Nc2ncccn2)cc1. The van der Waals surface area contributed by atoms with Gasteiger partial charge in [-0.15, -0.1) is 0 Å². The van der Waals surface area contributed by atoms with Crippen LogP contribution in [0.3, 0.4) is 0 Å². The number of benzene rings is 2. The number of aromatic nitrogens is 2. The van der Waals surface area contributed by atoms with Gasteiger partial charge in [0.2, 0.25) is 11.9 Å². The van der Waals surface area contributed by atoms with E-state index in [0.717, 1.165) is 0 Å². The Morgan fingerprint density at radius 2 is 1.84 bits per heavy atom. The largest absolute Gasteiger partial charge is 0.423 e. The van der Waals surface area contributed by atoms with E-state index in [1.54, 1.807) is 29.2 Å². The van der Waals surface area contributed by atoms with Gasteiger partial charge in [-0.3, -0.25) is 4.79 Å². The summed E-state index contributed by atoms with van der Waals surface area (Å²) in [6.07, 6.45) is 2.83. The van der Waals surface area contributed by atoms with Crippen molar-refractivity contribution >= 4 is 50.8 Å². The molecule has 0 fully saturated rings. The lowest BCUT2D eigenvalue weighted by Crippen LogP contribution is -2.41. The molecule has 0 saturated carbocycles. The van der Waals surface area contributed by atoms with Crippen molar-refractivity contribution in [3.8, 4) is 5.75 Å². The van der Waals surface area contributed by atoms with Gasteiger partial charge in [0.25, 0.3) is 10.0 Å². The summed E-state index contributed by atoms with van der Waals surface area (Å²) in [4.78, 5) is 33.5. The lowest BCUT2D eigenvalue weighted by molar-refractivity contribution is -0.133. The van der Waals surface area contributed by atoms with Crippen LogP contribution in [0.5, 0.6) is 5.75 Å². The number of anilines is 3. The Kier molecular flexibility index (Phi) is 5.93. The summed E-state index contributed by atoms with van der Waals surface area (Å²) in [5.74, 6) is -0.623. The number of carbonyl (C=O) groups excluding carboxylic acids is 2. The van der Waals surface area contributed by atoms with Crippen molar-refractivity contribution in [2.75, 3.05) is 28.0 Å². The summed E-state index contributed by atoms with van der Waals surface area (Å²) in [6, 6.07) is 11.9. The molecule has 1 aliphatic heterocycles. The maximum absolute atomic E-state index is 12.5. The van der Waals surface area contributed by atoms with Crippen molar-refractivity contribution in [1.82, 2.24) is 9.97 Å². The van der Waals surface area contributed by atoms with E-state index in [2.05, 4.69) is 20.0 Å². The molecule has 32 heavy (non-hydrogen) atoms. The molecule has 2 aromatic carbocycles. The fraction of sp³-hybridized carbons (Fsp3) is 0.100. The van der Waals surface area contributed by atoms with E-state index in [0.29, 0.717) is 22.1 Å². The maximum atomic E-state index is 12.5. The summed E-state index contributed by atoms with van der Waals surface area (Å²) >= 11 is 6.02. The number of nitrogens with zero attached hydrogens (tertiary/aromatic N) is 3. The monoisotopic (exact) mass is 473 g/mol. The summed E-state index contributed by atoms with van der Waals surface area (Å²) in [6.45, 7) is -0.236. The Balaban J connectivity index is 1.42. The Hall–Kier alpha value is -3.70. The molecule has 3 aromatic rings. The first-order valence-corrected chi connectivity index (χ1v) is 11.1. The second-order valence-corrected chi connectivity index (χ2v) is 8.81. The second-order valence-electron chi connectivity index (χ2n) is 6.69. The zero-order valence-corrected chi connectivity index (χ0v) is 17.9. The molecule has 12 heteroatoms. The number of esters is 1. The zero-order valence-electron chi connectivity index (χ0n) is 16.4. The third-order valence-electron chi connectivity index (χ3n) is 4.38. The molecule has 164 valence electrons. The van der Waals surface area contributed by atoms with Gasteiger partial charge in [0.05, 0.1) is 17.1 Å². The molecular formula is C20H16ClN5O5S. The molecule has 1 aromatic heterocycles. The van der Waals surface area contributed by atoms with Gasteiger partial charge >= 0.3 is 5.97 Å². The number of rotatable bonds is 6. The van der Waals surface area contributed by atoms with Crippen molar-refractivity contribution in [1.29, 1.82) is 0 Å². The van der Waals surface area contributed by atoms with Gasteiger partial charge in [-0.1, -0.05) is 11.6 Å². The minimum Gasteiger partial charge on any atom is -0.423 e. The molecule has 0 saturated heterocycles.